The van der Waals surface area contributed by atoms with Gasteiger partial charge in [-0.25, -0.2) is 8.57 Å². The number of benzene rings is 2. The van der Waals surface area contributed by atoms with Crippen molar-refractivity contribution in [2.45, 2.75) is 18.3 Å². The Morgan fingerprint density at radius 2 is 1.78 bits per heavy atom. The molecule has 0 saturated heterocycles. The van der Waals surface area contributed by atoms with Gasteiger partial charge in [-0.15, -0.1) is 3.89 Å². The number of hydrogen-bond donors (Lipinski definition) is 0. The Balaban J connectivity index is 2.47. The second-order valence-electron chi connectivity index (χ2n) is 3.84. The van der Waals surface area contributed by atoms with E-state index in [0.29, 0.717) is 0 Å². The molecule has 0 N–H and O–H groups in total. The van der Waals surface area contributed by atoms with Crippen LogP contribution in [0.3, 0.4) is 0 Å². The van der Waals surface area contributed by atoms with Crippen molar-refractivity contribution in [3.8, 4) is 0 Å². The van der Waals surface area contributed by atoms with Crippen LogP contribution in [0.5, 0.6) is 0 Å². The number of aryl methyl sites for hydroxylation is 1. The quantitative estimate of drug-likeness (QED) is 0.774. The fourth-order valence-corrected chi connectivity index (χ4v) is 2.18. The van der Waals surface area contributed by atoms with E-state index >= 15 is 0 Å². The normalized spacial score (nSPS) is 16.3. The Morgan fingerprint density at radius 1 is 1.17 bits per heavy atom. The molecule has 18 heavy (non-hydrogen) atoms. The Hall–Kier alpha value is -1.68. The van der Waals surface area contributed by atoms with Crippen LogP contribution in [0, 0.1) is 6.92 Å². The number of rotatable bonds is 3. The fourth-order valence-electron chi connectivity index (χ4n) is 1.38. The van der Waals surface area contributed by atoms with Gasteiger partial charge >= 0.3 is 0 Å². The predicted molar refractivity (Wildman–Crippen MR) is 71.3 cm³/mol. The van der Waals surface area contributed by atoms with Crippen LogP contribution >= 0.6 is 0 Å². The van der Waals surface area contributed by atoms with Gasteiger partial charge in [0.25, 0.3) is 0 Å². The first-order chi connectivity index (χ1) is 9.31. The second-order valence-corrected chi connectivity index (χ2v) is 5.41. The molecule has 0 radical (unpaired) electrons. The molecule has 1 unspecified atom stereocenters. The average Bonchev–Trinajstić information content (AvgIpc) is 2.39. The van der Waals surface area contributed by atoms with Crippen molar-refractivity contribution in [3.63, 3.8) is 0 Å². The van der Waals surface area contributed by atoms with E-state index in [2.05, 4.69) is 4.36 Å². The van der Waals surface area contributed by atoms with Gasteiger partial charge in [0, 0.05) is 0 Å². The lowest BCUT2D eigenvalue weighted by molar-refractivity contribution is 0.635. The largest absolute Gasteiger partial charge is 0.231 e. The summed E-state index contributed by atoms with van der Waals surface area (Å²) in [5.74, 6) is 0. The molecule has 0 spiro atoms. The average molecular weight is 265 g/mol. The van der Waals surface area contributed by atoms with Crippen molar-refractivity contribution in [1.82, 2.24) is 0 Å². The van der Waals surface area contributed by atoms with Crippen LogP contribution in [0.2, 0.25) is 0 Å². The molecule has 2 aromatic carbocycles. The van der Waals surface area contributed by atoms with Gasteiger partial charge in [-0.1, -0.05) is 48.0 Å². The summed E-state index contributed by atoms with van der Waals surface area (Å²) in [6, 6.07) is 13.9. The molecule has 2 aromatic rings. The molecule has 0 saturated carbocycles. The molecule has 0 aliphatic rings. The second kappa shape index (κ2) is 5.31. The van der Waals surface area contributed by atoms with Gasteiger partial charge < -0.3 is 0 Å². The highest BCUT2D eigenvalue weighted by Gasteiger charge is 2.09. The molecule has 94 valence electrons. The lowest BCUT2D eigenvalue weighted by atomic mass is 10.2. The van der Waals surface area contributed by atoms with E-state index in [1.807, 2.05) is 6.92 Å². The zero-order valence-corrected chi connectivity index (χ0v) is 10.7. The number of hydrogen-bond acceptors (Lipinski definition) is 2. The summed E-state index contributed by atoms with van der Waals surface area (Å²) in [6.45, 7) is -0.526. The molecular weight excluding hydrogens is 249 g/mol. The van der Waals surface area contributed by atoms with Crippen LogP contribution in [-0.4, -0.2) is 4.21 Å². The standard InChI is InChI=1S/C14H14FNOS/c1-12-7-9-14(10-8-12)18(15,17)16-11-13-5-3-2-4-6-13/h2-10H,11H2,1H3/i11D2. The Kier molecular flexibility index (Phi) is 3.03. The van der Waals surface area contributed by atoms with Crippen molar-refractivity contribution in [1.29, 1.82) is 0 Å². The van der Waals surface area contributed by atoms with Crippen LogP contribution in [0.1, 0.15) is 13.9 Å². The Labute approximate surface area is 110 Å². The van der Waals surface area contributed by atoms with Crippen LogP contribution in [-0.2, 0) is 16.6 Å². The molecule has 0 fully saturated rings. The summed E-state index contributed by atoms with van der Waals surface area (Å²) >= 11 is 0. The zero-order valence-electron chi connectivity index (χ0n) is 11.8. The predicted octanol–water partition coefficient (Wildman–Crippen LogP) is 3.91. The van der Waals surface area contributed by atoms with Crippen LogP contribution < -0.4 is 0 Å². The summed E-state index contributed by atoms with van der Waals surface area (Å²) < 4.78 is 45.2. The topological polar surface area (TPSA) is 29.4 Å². The van der Waals surface area contributed by atoms with Crippen molar-refractivity contribution in [2.75, 3.05) is 0 Å². The summed E-state index contributed by atoms with van der Waals surface area (Å²) in [7, 11) is -4.28. The Bertz CT molecular complexity index is 708. The van der Waals surface area contributed by atoms with Crippen molar-refractivity contribution < 1.29 is 10.8 Å². The van der Waals surface area contributed by atoms with E-state index in [-0.39, 0.29) is 10.5 Å². The minimum atomic E-state index is -4.28. The van der Waals surface area contributed by atoms with Gasteiger partial charge in [-0.05, 0) is 24.6 Å². The minimum Gasteiger partial charge on any atom is -0.211 e. The van der Waals surface area contributed by atoms with E-state index < -0.39 is 16.6 Å². The highest BCUT2D eigenvalue weighted by atomic mass is 32.3. The third-order valence-corrected chi connectivity index (χ3v) is 3.56. The van der Waals surface area contributed by atoms with Crippen molar-refractivity contribution in [2.24, 2.45) is 4.36 Å². The lowest BCUT2D eigenvalue weighted by Crippen LogP contribution is -1.94. The maximum absolute atomic E-state index is 14.3. The van der Waals surface area contributed by atoms with Gasteiger partial charge in [0.05, 0.1) is 14.1 Å². The van der Waals surface area contributed by atoms with E-state index in [1.54, 1.807) is 30.3 Å². The first kappa shape index (κ1) is 10.3. The van der Waals surface area contributed by atoms with Gasteiger partial charge in [-0.2, -0.15) is 0 Å². The molecular formula is C14H14FNOS. The molecule has 2 nitrogen and oxygen atoms in total. The van der Waals surface area contributed by atoms with Gasteiger partial charge in [0.15, 0.2) is 0 Å². The third kappa shape index (κ3) is 3.17. The molecule has 4 heteroatoms. The summed E-state index contributed by atoms with van der Waals surface area (Å²) in [6.07, 6.45) is 0. The highest BCUT2D eigenvalue weighted by molar-refractivity contribution is 7.88. The first-order valence-electron chi connectivity index (χ1n) is 6.41. The summed E-state index contributed by atoms with van der Waals surface area (Å²) in [5, 5.41) is 0. The number of halogens is 1. The molecule has 1 atom stereocenters. The smallest absolute Gasteiger partial charge is 0.211 e. The summed E-state index contributed by atoms with van der Waals surface area (Å²) in [5.41, 5.74) is 1.06. The third-order valence-electron chi connectivity index (χ3n) is 2.38. The SMILES string of the molecule is [2H]C([2H])(N=S(=O)(F)c1ccc(C)cc1)c1ccccc1. The highest BCUT2D eigenvalue weighted by Crippen LogP contribution is 2.17. The fraction of sp³-hybridized carbons (Fsp3) is 0.143. The van der Waals surface area contributed by atoms with Gasteiger partial charge in [0.2, 0.25) is 10.1 Å². The maximum atomic E-state index is 14.3. The molecule has 0 aliphatic carbocycles. The maximum Gasteiger partial charge on any atom is 0.231 e. The molecule has 0 heterocycles. The molecule has 0 bridgehead atoms. The Morgan fingerprint density at radius 3 is 2.39 bits per heavy atom. The molecule has 0 aliphatic heterocycles. The van der Waals surface area contributed by atoms with E-state index in [0.717, 1.165) is 5.56 Å². The zero-order chi connectivity index (χ0) is 14.8. The van der Waals surface area contributed by atoms with Crippen LogP contribution in [0.25, 0.3) is 0 Å². The molecule has 0 amide bonds. The van der Waals surface area contributed by atoms with Crippen LogP contribution in [0.15, 0.2) is 63.9 Å². The summed E-state index contributed by atoms with van der Waals surface area (Å²) in [4.78, 5) is -0.122. The lowest BCUT2D eigenvalue weighted by Gasteiger charge is -2.01. The van der Waals surface area contributed by atoms with Gasteiger partial charge in [0.1, 0.15) is 0 Å². The van der Waals surface area contributed by atoms with Crippen LogP contribution in [0.4, 0.5) is 3.89 Å². The van der Waals surface area contributed by atoms with Crippen molar-refractivity contribution >= 4 is 10.1 Å². The number of nitrogens with zero attached hydrogens (tertiary/aromatic N) is 1. The van der Waals surface area contributed by atoms with E-state index in [1.165, 1.54) is 24.3 Å². The van der Waals surface area contributed by atoms with E-state index in [4.69, 9.17) is 2.74 Å². The molecule has 2 rings (SSSR count). The monoisotopic (exact) mass is 265 g/mol. The first-order valence-corrected chi connectivity index (χ1v) is 6.83. The molecule has 0 aromatic heterocycles. The van der Waals surface area contributed by atoms with E-state index in [9.17, 15) is 8.09 Å². The van der Waals surface area contributed by atoms with Crippen molar-refractivity contribution in [3.05, 3.63) is 65.7 Å². The van der Waals surface area contributed by atoms with Gasteiger partial charge in [-0.3, -0.25) is 0 Å². The minimum absolute atomic E-state index is 0.122.